The van der Waals surface area contributed by atoms with E-state index in [1.807, 2.05) is 19.1 Å². The van der Waals surface area contributed by atoms with E-state index in [4.69, 9.17) is 9.15 Å². The second-order valence-corrected chi connectivity index (χ2v) is 4.82. The highest BCUT2D eigenvalue weighted by atomic mass is 16.5. The molecule has 0 bridgehead atoms. The third-order valence-electron chi connectivity index (χ3n) is 3.48. The van der Waals surface area contributed by atoms with E-state index in [2.05, 4.69) is 0 Å². The number of hydrogen-bond donors (Lipinski definition) is 0. The number of furan rings is 1. The van der Waals surface area contributed by atoms with E-state index in [0.29, 0.717) is 29.1 Å². The van der Waals surface area contributed by atoms with Crippen LogP contribution >= 0.6 is 0 Å². The number of methoxy groups -OCH3 is 1. The Morgan fingerprint density at radius 1 is 1.19 bits per heavy atom. The Labute approximate surface area is 123 Å². The van der Waals surface area contributed by atoms with Crippen LogP contribution in [0, 0.1) is 6.92 Å². The lowest BCUT2D eigenvalue weighted by Gasteiger charge is -2.03. The Hall–Kier alpha value is -2.36. The predicted molar refractivity (Wildman–Crippen MR) is 79.6 cm³/mol. The molecular weight excluding hydrogens is 268 g/mol. The SMILES string of the molecule is CCc1c(-c2ccc(C(C)=O)cc2)oc(C)c1C(=O)OC. The van der Waals surface area contributed by atoms with Gasteiger partial charge in [-0.3, -0.25) is 4.79 Å². The van der Waals surface area contributed by atoms with E-state index in [-0.39, 0.29) is 11.8 Å². The van der Waals surface area contributed by atoms with Crippen molar-refractivity contribution in [1.29, 1.82) is 0 Å². The molecule has 4 heteroatoms. The van der Waals surface area contributed by atoms with Crippen molar-refractivity contribution in [2.45, 2.75) is 27.2 Å². The summed E-state index contributed by atoms with van der Waals surface area (Å²) in [6, 6.07) is 7.17. The highest BCUT2D eigenvalue weighted by molar-refractivity contribution is 5.95. The number of carbonyl (C=O) groups is 2. The number of benzene rings is 1. The fourth-order valence-corrected chi connectivity index (χ4v) is 2.39. The molecular formula is C17H18O4. The van der Waals surface area contributed by atoms with E-state index in [1.54, 1.807) is 19.1 Å². The van der Waals surface area contributed by atoms with E-state index >= 15 is 0 Å². The van der Waals surface area contributed by atoms with Gasteiger partial charge in [0, 0.05) is 16.7 Å². The van der Waals surface area contributed by atoms with Crippen LogP contribution in [0.15, 0.2) is 28.7 Å². The topological polar surface area (TPSA) is 56.5 Å². The fraction of sp³-hybridized carbons (Fsp3) is 0.294. The average Bonchev–Trinajstić information content (AvgIpc) is 2.83. The van der Waals surface area contributed by atoms with Crippen molar-refractivity contribution in [2.24, 2.45) is 0 Å². The summed E-state index contributed by atoms with van der Waals surface area (Å²) in [7, 11) is 1.36. The van der Waals surface area contributed by atoms with Gasteiger partial charge in [0.25, 0.3) is 0 Å². The van der Waals surface area contributed by atoms with Gasteiger partial charge in [0.05, 0.1) is 7.11 Å². The summed E-state index contributed by atoms with van der Waals surface area (Å²) in [5.41, 5.74) is 2.81. The average molecular weight is 286 g/mol. The van der Waals surface area contributed by atoms with Gasteiger partial charge in [-0.25, -0.2) is 4.79 Å². The Bertz CT molecular complexity index is 678. The van der Waals surface area contributed by atoms with E-state index in [1.165, 1.54) is 14.0 Å². The summed E-state index contributed by atoms with van der Waals surface area (Å²) >= 11 is 0. The number of rotatable bonds is 4. The minimum absolute atomic E-state index is 0.0168. The largest absolute Gasteiger partial charge is 0.465 e. The van der Waals surface area contributed by atoms with Crippen molar-refractivity contribution in [2.75, 3.05) is 7.11 Å². The number of aryl methyl sites for hydroxylation is 1. The predicted octanol–water partition coefficient (Wildman–Crippen LogP) is 3.81. The maximum Gasteiger partial charge on any atom is 0.341 e. The fourth-order valence-electron chi connectivity index (χ4n) is 2.39. The Balaban J connectivity index is 2.54. The lowest BCUT2D eigenvalue weighted by Crippen LogP contribution is -2.04. The molecule has 0 spiro atoms. The van der Waals surface area contributed by atoms with Crippen molar-refractivity contribution in [1.82, 2.24) is 0 Å². The zero-order valence-corrected chi connectivity index (χ0v) is 12.6. The molecule has 0 aliphatic heterocycles. The summed E-state index contributed by atoms with van der Waals surface area (Å²) in [5, 5.41) is 0. The van der Waals surface area contributed by atoms with Crippen LogP contribution in [0.1, 0.15) is 45.9 Å². The van der Waals surface area contributed by atoms with Crippen LogP contribution in [0.25, 0.3) is 11.3 Å². The number of ketones is 1. The van der Waals surface area contributed by atoms with Crippen LogP contribution < -0.4 is 0 Å². The van der Waals surface area contributed by atoms with Crippen molar-refractivity contribution in [3.63, 3.8) is 0 Å². The van der Waals surface area contributed by atoms with Gasteiger partial charge in [-0.15, -0.1) is 0 Å². The lowest BCUT2D eigenvalue weighted by molar-refractivity contribution is 0.0597. The van der Waals surface area contributed by atoms with Gasteiger partial charge in [-0.2, -0.15) is 0 Å². The summed E-state index contributed by atoms with van der Waals surface area (Å²) in [6.45, 7) is 5.24. The third kappa shape index (κ3) is 2.75. The summed E-state index contributed by atoms with van der Waals surface area (Å²) < 4.78 is 10.6. The van der Waals surface area contributed by atoms with Gasteiger partial charge in [0.1, 0.15) is 17.1 Å². The Morgan fingerprint density at radius 3 is 2.29 bits per heavy atom. The summed E-state index contributed by atoms with van der Waals surface area (Å²) in [6.07, 6.45) is 0.658. The molecule has 1 aromatic carbocycles. The second-order valence-electron chi connectivity index (χ2n) is 4.82. The lowest BCUT2D eigenvalue weighted by atomic mass is 10.0. The zero-order chi connectivity index (χ0) is 15.6. The van der Waals surface area contributed by atoms with Gasteiger partial charge < -0.3 is 9.15 Å². The standard InChI is InChI=1S/C17H18O4/c1-5-14-15(17(19)20-4)11(3)21-16(14)13-8-6-12(7-9-13)10(2)18/h6-9H,5H2,1-4H3. The van der Waals surface area contributed by atoms with E-state index in [9.17, 15) is 9.59 Å². The molecule has 0 unspecified atom stereocenters. The summed E-state index contributed by atoms with van der Waals surface area (Å²) in [4.78, 5) is 23.2. The molecule has 0 saturated carbocycles. The second kappa shape index (κ2) is 5.95. The molecule has 0 radical (unpaired) electrons. The minimum Gasteiger partial charge on any atom is -0.465 e. The number of carbonyl (C=O) groups excluding carboxylic acids is 2. The van der Waals surface area contributed by atoms with Crippen LogP contribution in [0.3, 0.4) is 0 Å². The van der Waals surface area contributed by atoms with Crippen LogP contribution in [0.4, 0.5) is 0 Å². The molecule has 0 aliphatic carbocycles. The van der Waals surface area contributed by atoms with Crippen molar-refractivity contribution >= 4 is 11.8 Å². The van der Waals surface area contributed by atoms with Crippen LogP contribution in [0.2, 0.25) is 0 Å². The number of hydrogen-bond acceptors (Lipinski definition) is 4. The molecule has 0 saturated heterocycles. The number of ether oxygens (including phenoxy) is 1. The molecule has 0 atom stereocenters. The maximum atomic E-state index is 11.9. The van der Waals surface area contributed by atoms with Gasteiger partial charge in [-0.05, 0) is 20.3 Å². The quantitative estimate of drug-likeness (QED) is 0.633. The molecule has 0 amide bonds. The van der Waals surface area contributed by atoms with Crippen molar-refractivity contribution < 1.29 is 18.7 Å². The first-order valence-electron chi connectivity index (χ1n) is 6.81. The van der Waals surface area contributed by atoms with Crippen molar-refractivity contribution in [3.8, 4) is 11.3 Å². The molecule has 2 rings (SSSR count). The van der Waals surface area contributed by atoms with Crippen LogP contribution in [-0.4, -0.2) is 18.9 Å². The molecule has 0 aliphatic rings. The van der Waals surface area contributed by atoms with Crippen molar-refractivity contribution in [3.05, 3.63) is 46.7 Å². The molecule has 2 aromatic rings. The van der Waals surface area contributed by atoms with Crippen LogP contribution in [-0.2, 0) is 11.2 Å². The third-order valence-corrected chi connectivity index (χ3v) is 3.48. The van der Waals surface area contributed by atoms with E-state index in [0.717, 1.165) is 11.1 Å². The maximum absolute atomic E-state index is 11.9. The molecule has 1 aromatic heterocycles. The Kier molecular flexibility index (Phi) is 4.26. The molecule has 21 heavy (non-hydrogen) atoms. The highest BCUT2D eigenvalue weighted by Gasteiger charge is 2.23. The molecule has 4 nitrogen and oxygen atoms in total. The first-order valence-corrected chi connectivity index (χ1v) is 6.81. The number of esters is 1. The first-order chi connectivity index (χ1) is 9.99. The van der Waals surface area contributed by atoms with Gasteiger partial charge in [0.2, 0.25) is 0 Å². The number of Topliss-reactive ketones (excluding diaryl/α,β-unsaturated/α-hetero) is 1. The minimum atomic E-state index is -0.389. The van der Waals surface area contributed by atoms with E-state index < -0.39 is 0 Å². The normalized spacial score (nSPS) is 10.5. The van der Waals surface area contributed by atoms with Gasteiger partial charge in [-0.1, -0.05) is 31.2 Å². The van der Waals surface area contributed by atoms with Gasteiger partial charge >= 0.3 is 5.97 Å². The molecule has 1 heterocycles. The summed E-state index contributed by atoms with van der Waals surface area (Å²) in [5.74, 6) is 0.831. The first kappa shape index (κ1) is 15.0. The Morgan fingerprint density at radius 2 is 1.81 bits per heavy atom. The van der Waals surface area contributed by atoms with Crippen LogP contribution in [0.5, 0.6) is 0 Å². The highest BCUT2D eigenvalue weighted by Crippen LogP contribution is 2.32. The monoisotopic (exact) mass is 286 g/mol. The zero-order valence-electron chi connectivity index (χ0n) is 12.6. The smallest absolute Gasteiger partial charge is 0.341 e. The molecule has 0 fully saturated rings. The van der Waals surface area contributed by atoms with Gasteiger partial charge in [0.15, 0.2) is 5.78 Å². The molecule has 0 N–H and O–H groups in total. The molecule has 110 valence electrons.